The lowest BCUT2D eigenvalue weighted by molar-refractivity contribution is -0.129. The van der Waals surface area contributed by atoms with Crippen molar-refractivity contribution in [2.75, 3.05) is 10.6 Å². The van der Waals surface area contributed by atoms with Crippen LogP contribution in [0.5, 0.6) is 0 Å². The molecule has 4 unspecified atom stereocenters. The van der Waals surface area contributed by atoms with Crippen LogP contribution in [0.2, 0.25) is 0 Å². The second-order valence-corrected chi connectivity index (χ2v) is 12.3. The van der Waals surface area contributed by atoms with Crippen LogP contribution in [0.3, 0.4) is 0 Å². The Labute approximate surface area is 322 Å². The van der Waals surface area contributed by atoms with E-state index in [0.29, 0.717) is 16.8 Å². The summed E-state index contributed by atoms with van der Waals surface area (Å²) < 4.78 is 0. The van der Waals surface area contributed by atoms with Gasteiger partial charge in [0, 0.05) is 36.8 Å². The van der Waals surface area contributed by atoms with Gasteiger partial charge in [-0.05, 0) is 49.9 Å². The highest BCUT2D eigenvalue weighted by Gasteiger charge is 2.26. The van der Waals surface area contributed by atoms with Crippen molar-refractivity contribution in [2.24, 2.45) is 34.4 Å². The van der Waals surface area contributed by atoms with Gasteiger partial charge in [0.1, 0.15) is 23.6 Å². The zero-order valence-electron chi connectivity index (χ0n) is 30.6. The van der Waals surface area contributed by atoms with Crippen LogP contribution in [0.15, 0.2) is 61.7 Å². The number of nitrogens with two attached hydrogens (primary N) is 6. The van der Waals surface area contributed by atoms with Crippen LogP contribution < -0.4 is 55.7 Å². The zero-order valence-corrected chi connectivity index (χ0v) is 30.6. The molecular formula is C36H50N10O10. The molecule has 2 rings (SSSR count). The highest BCUT2D eigenvalue weighted by Crippen LogP contribution is 2.22. The second kappa shape index (κ2) is 23.8. The number of aliphatic hydroxyl groups is 2. The van der Waals surface area contributed by atoms with Crippen molar-refractivity contribution >= 4 is 70.2 Å². The molecule has 4 atom stereocenters. The van der Waals surface area contributed by atoms with Crippen molar-refractivity contribution in [1.82, 2.24) is 10.6 Å². The van der Waals surface area contributed by atoms with Crippen LogP contribution >= 0.6 is 0 Å². The number of para-hydroxylation sites is 2. The number of nitrogens with one attached hydrogen (secondary N) is 4. The third kappa shape index (κ3) is 17.8. The number of rotatable bonds is 22. The lowest BCUT2D eigenvalue weighted by atomic mass is 10.1. The van der Waals surface area contributed by atoms with Crippen LogP contribution in [-0.2, 0) is 38.4 Å². The summed E-state index contributed by atoms with van der Waals surface area (Å²) in [4.78, 5) is 93.2. The first kappa shape index (κ1) is 47.2. The number of aliphatic hydroxyl groups excluding tert-OH is 2. The molecule has 0 aliphatic carbocycles. The largest absolute Gasteiger partial charge is 0.508 e. The summed E-state index contributed by atoms with van der Waals surface area (Å²) in [7, 11) is 0. The number of carbonyl (C=O) groups excluding carboxylic acids is 8. The number of primary amides is 4. The van der Waals surface area contributed by atoms with Crippen molar-refractivity contribution in [3.8, 4) is 0 Å². The van der Waals surface area contributed by atoms with E-state index < -0.39 is 71.4 Å². The number of benzene rings is 2. The maximum absolute atomic E-state index is 12.6. The molecule has 8 amide bonds. The van der Waals surface area contributed by atoms with Crippen molar-refractivity contribution in [1.29, 1.82) is 0 Å². The smallest absolute Gasteiger partial charge is 0.246 e. The SMILES string of the molecule is C=C(O)c1ccccc1NC(=O)C(CCC(N)=O)NC(=O)C(N)CCC(N)=O.C=C(O)c1ccccc1NC(=O)CCC(NC(=O)C(N)CCC(N)=O)C(N)=O. The number of hydrogen-bond donors (Lipinski definition) is 12. The lowest BCUT2D eigenvalue weighted by Crippen LogP contribution is -2.50. The molecule has 56 heavy (non-hydrogen) atoms. The Balaban J connectivity index is 0.000000560. The quantitative estimate of drug-likeness (QED) is 0.0640. The average Bonchev–Trinajstić information content (AvgIpc) is 3.12. The van der Waals surface area contributed by atoms with Gasteiger partial charge in [0.2, 0.25) is 47.3 Å². The van der Waals surface area contributed by atoms with E-state index in [0.717, 1.165) is 0 Å². The summed E-state index contributed by atoms with van der Waals surface area (Å²) in [5.41, 5.74) is 33.0. The van der Waals surface area contributed by atoms with Crippen molar-refractivity contribution in [2.45, 2.75) is 75.5 Å². The van der Waals surface area contributed by atoms with Crippen molar-refractivity contribution < 1.29 is 48.6 Å². The first-order valence-corrected chi connectivity index (χ1v) is 17.0. The number of anilines is 2. The maximum Gasteiger partial charge on any atom is 0.246 e. The van der Waals surface area contributed by atoms with Crippen LogP contribution in [0, 0.1) is 0 Å². The minimum atomic E-state index is -1.11. The van der Waals surface area contributed by atoms with Gasteiger partial charge in [-0.1, -0.05) is 37.4 Å². The minimum absolute atomic E-state index is 0.0124. The molecule has 0 heterocycles. The molecule has 0 radical (unpaired) electrons. The Bertz CT molecular complexity index is 1780. The highest BCUT2D eigenvalue weighted by atomic mass is 16.3. The summed E-state index contributed by atoms with van der Waals surface area (Å²) >= 11 is 0. The molecule has 0 aliphatic heterocycles. The van der Waals surface area contributed by atoms with E-state index in [-0.39, 0.29) is 68.6 Å². The average molecular weight is 783 g/mol. The summed E-state index contributed by atoms with van der Waals surface area (Å²) in [5, 5.41) is 29.1. The molecule has 0 aliphatic rings. The third-order valence-corrected chi connectivity index (χ3v) is 7.72. The lowest BCUT2D eigenvalue weighted by Gasteiger charge is -2.21. The molecule has 0 aromatic heterocycles. The fraction of sp³-hybridized carbons (Fsp3) is 0.333. The summed E-state index contributed by atoms with van der Waals surface area (Å²) in [6.45, 7) is 6.84. The molecule has 0 fully saturated rings. The topological polar surface area (TPSA) is 381 Å². The Morgan fingerprint density at radius 1 is 0.536 bits per heavy atom. The standard InChI is InChI=1S/2C18H25N5O5/c1-10(24)11-4-2-3-5-13(11)22-16(26)9-7-14(17(21)27)23-18(28)12(19)6-8-15(20)25;1-10(24)11-4-2-3-5-13(11)22-18(28)14(7-9-16(21)26)23-17(27)12(19)6-8-15(20)25/h2-5,12,14,24H,1,6-9,19H2,(H2,20,25)(H2,21,27)(H,22,26)(H,23,28);2-5,12,14,24H,1,6-9,19H2,(H2,20,25)(H2,21,26)(H,22,28)(H,23,27). The third-order valence-electron chi connectivity index (χ3n) is 7.72. The first-order chi connectivity index (χ1) is 26.2. The fourth-order valence-electron chi connectivity index (χ4n) is 4.65. The summed E-state index contributed by atoms with van der Waals surface area (Å²) in [6, 6.07) is 8.57. The van der Waals surface area contributed by atoms with Gasteiger partial charge in [0.15, 0.2) is 0 Å². The van der Waals surface area contributed by atoms with E-state index in [9.17, 15) is 48.6 Å². The first-order valence-electron chi connectivity index (χ1n) is 17.0. The molecular weight excluding hydrogens is 732 g/mol. The van der Waals surface area contributed by atoms with Gasteiger partial charge >= 0.3 is 0 Å². The van der Waals surface area contributed by atoms with Gasteiger partial charge in [-0.15, -0.1) is 0 Å². The van der Waals surface area contributed by atoms with E-state index in [1.165, 1.54) is 0 Å². The van der Waals surface area contributed by atoms with E-state index in [2.05, 4.69) is 34.4 Å². The predicted octanol–water partition coefficient (Wildman–Crippen LogP) is -1.01. The van der Waals surface area contributed by atoms with Crippen LogP contribution in [-0.4, -0.2) is 81.6 Å². The summed E-state index contributed by atoms with van der Waals surface area (Å²) in [6.07, 6.45) is -0.519. The number of amides is 8. The molecule has 2 aromatic rings. The van der Waals surface area contributed by atoms with E-state index in [1.54, 1.807) is 48.5 Å². The Morgan fingerprint density at radius 2 is 0.911 bits per heavy atom. The molecule has 2 aromatic carbocycles. The monoisotopic (exact) mass is 782 g/mol. The number of carbonyl (C=O) groups is 8. The molecule has 20 nitrogen and oxygen atoms in total. The molecule has 0 bridgehead atoms. The van der Waals surface area contributed by atoms with Gasteiger partial charge in [-0.25, -0.2) is 0 Å². The van der Waals surface area contributed by atoms with Gasteiger partial charge in [0.25, 0.3) is 0 Å². The molecule has 0 saturated heterocycles. The molecule has 18 N–H and O–H groups in total. The normalized spacial score (nSPS) is 12.5. The van der Waals surface area contributed by atoms with Crippen molar-refractivity contribution in [3.63, 3.8) is 0 Å². The van der Waals surface area contributed by atoms with Gasteiger partial charge in [0.05, 0.1) is 23.5 Å². The Morgan fingerprint density at radius 3 is 1.32 bits per heavy atom. The second-order valence-electron chi connectivity index (χ2n) is 12.3. The number of hydrogen-bond acceptors (Lipinski definition) is 12. The molecule has 304 valence electrons. The zero-order chi connectivity index (χ0) is 42.5. The van der Waals surface area contributed by atoms with E-state index in [1.807, 2.05) is 0 Å². The summed E-state index contributed by atoms with van der Waals surface area (Å²) in [5.74, 6) is -5.56. The fourth-order valence-corrected chi connectivity index (χ4v) is 4.65. The van der Waals surface area contributed by atoms with Gasteiger partial charge < -0.3 is 65.9 Å². The highest BCUT2D eigenvalue weighted by molar-refractivity contribution is 6.00. The van der Waals surface area contributed by atoms with Crippen LogP contribution in [0.4, 0.5) is 11.4 Å². The molecule has 0 saturated carbocycles. The van der Waals surface area contributed by atoms with Crippen LogP contribution in [0.1, 0.15) is 62.5 Å². The predicted molar refractivity (Wildman–Crippen MR) is 207 cm³/mol. The Hall–Kier alpha value is -6.80. The molecule has 0 spiro atoms. The molecule has 20 heteroatoms. The van der Waals surface area contributed by atoms with Crippen molar-refractivity contribution in [3.05, 3.63) is 72.8 Å². The Kier molecular flexibility index (Phi) is 20.1. The van der Waals surface area contributed by atoms with Crippen LogP contribution in [0.25, 0.3) is 11.5 Å². The maximum atomic E-state index is 12.6. The van der Waals surface area contributed by atoms with E-state index >= 15 is 0 Å². The van der Waals surface area contributed by atoms with Gasteiger partial charge in [-0.3, -0.25) is 38.4 Å². The van der Waals surface area contributed by atoms with Gasteiger partial charge in [-0.2, -0.15) is 0 Å². The van der Waals surface area contributed by atoms with E-state index in [4.69, 9.17) is 34.4 Å². The minimum Gasteiger partial charge on any atom is -0.508 e.